The zero-order valence-electron chi connectivity index (χ0n) is 8.34. The van der Waals surface area contributed by atoms with Crippen molar-refractivity contribution in [2.75, 3.05) is 7.11 Å². The van der Waals surface area contributed by atoms with Gasteiger partial charge < -0.3 is 4.74 Å². The van der Waals surface area contributed by atoms with Crippen LogP contribution < -0.4 is 4.74 Å². The van der Waals surface area contributed by atoms with E-state index in [9.17, 15) is 8.78 Å². The third kappa shape index (κ3) is 1.63. The standard InChI is InChI=1S/C11H9F2NO/c1-6-3-10(15-2)8-4-7(12)5-9(13)11(8)14-6/h3-5H,1-2H3. The maximum Gasteiger partial charge on any atom is 0.152 e. The van der Waals surface area contributed by atoms with E-state index in [4.69, 9.17) is 4.74 Å². The monoisotopic (exact) mass is 209 g/mol. The number of aromatic nitrogens is 1. The van der Waals surface area contributed by atoms with Gasteiger partial charge in [-0.1, -0.05) is 0 Å². The molecule has 0 atom stereocenters. The van der Waals surface area contributed by atoms with Gasteiger partial charge >= 0.3 is 0 Å². The third-order valence-corrected chi connectivity index (χ3v) is 2.14. The highest BCUT2D eigenvalue weighted by Gasteiger charge is 2.10. The van der Waals surface area contributed by atoms with Crippen molar-refractivity contribution in [2.45, 2.75) is 6.92 Å². The molecule has 0 saturated heterocycles. The molecule has 0 bridgehead atoms. The van der Waals surface area contributed by atoms with Crippen molar-refractivity contribution in [3.05, 3.63) is 35.5 Å². The van der Waals surface area contributed by atoms with Crippen LogP contribution in [0.15, 0.2) is 18.2 Å². The van der Waals surface area contributed by atoms with E-state index in [-0.39, 0.29) is 5.52 Å². The first-order valence-electron chi connectivity index (χ1n) is 4.42. The number of rotatable bonds is 1. The van der Waals surface area contributed by atoms with Crippen molar-refractivity contribution in [2.24, 2.45) is 0 Å². The summed E-state index contributed by atoms with van der Waals surface area (Å²) in [5.41, 5.74) is 0.762. The number of methoxy groups -OCH3 is 1. The zero-order valence-corrected chi connectivity index (χ0v) is 8.34. The Hall–Kier alpha value is -1.71. The van der Waals surface area contributed by atoms with Gasteiger partial charge in [0, 0.05) is 23.2 Å². The molecular weight excluding hydrogens is 200 g/mol. The van der Waals surface area contributed by atoms with Crippen molar-refractivity contribution in [3.63, 3.8) is 0 Å². The summed E-state index contributed by atoms with van der Waals surface area (Å²) in [6.45, 7) is 1.73. The number of halogens is 2. The summed E-state index contributed by atoms with van der Waals surface area (Å²) in [4.78, 5) is 4.00. The molecule has 78 valence electrons. The van der Waals surface area contributed by atoms with Crippen LogP contribution in [-0.2, 0) is 0 Å². The normalized spacial score (nSPS) is 10.7. The van der Waals surface area contributed by atoms with Crippen molar-refractivity contribution in [1.29, 1.82) is 0 Å². The fraction of sp³-hybridized carbons (Fsp3) is 0.182. The maximum atomic E-state index is 13.4. The molecule has 0 amide bonds. The first-order chi connectivity index (χ1) is 7.11. The van der Waals surface area contributed by atoms with E-state index in [0.717, 1.165) is 6.07 Å². The summed E-state index contributed by atoms with van der Waals surface area (Å²) in [6, 6.07) is 3.67. The Labute approximate surface area is 85.5 Å². The van der Waals surface area contributed by atoms with Crippen LogP contribution in [0.2, 0.25) is 0 Å². The fourth-order valence-electron chi connectivity index (χ4n) is 1.51. The van der Waals surface area contributed by atoms with E-state index in [1.807, 2.05) is 0 Å². The van der Waals surface area contributed by atoms with Crippen LogP contribution in [0.1, 0.15) is 5.69 Å². The van der Waals surface area contributed by atoms with E-state index >= 15 is 0 Å². The van der Waals surface area contributed by atoms with Gasteiger partial charge in [-0.2, -0.15) is 0 Å². The topological polar surface area (TPSA) is 22.1 Å². The minimum atomic E-state index is -0.674. The SMILES string of the molecule is COc1cc(C)nc2c(F)cc(F)cc12. The first kappa shape index (κ1) is 9.83. The first-order valence-corrected chi connectivity index (χ1v) is 4.42. The molecule has 4 heteroatoms. The van der Waals surface area contributed by atoms with Gasteiger partial charge in [-0.05, 0) is 13.0 Å². The quantitative estimate of drug-likeness (QED) is 0.720. The second-order valence-electron chi connectivity index (χ2n) is 3.25. The van der Waals surface area contributed by atoms with Crippen LogP contribution in [0.25, 0.3) is 10.9 Å². The smallest absolute Gasteiger partial charge is 0.152 e. The summed E-state index contributed by atoms with van der Waals surface area (Å²) < 4.78 is 31.4. The lowest BCUT2D eigenvalue weighted by atomic mass is 10.1. The Morgan fingerprint density at radius 3 is 2.60 bits per heavy atom. The molecule has 0 saturated carbocycles. The van der Waals surface area contributed by atoms with Gasteiger partial charge in [-0.25, -0.2) is 13.8 Å². The van der Waals surface area contributed by atoms with Crippen LogP contribution >= 0.6 is 0 Å². The largest absolute Gasteiger partial charge is 0.496 e. The molecule has 0 fully saturated rings. The van der Waals surface area contributed by atoms with Gasteiger partial charge in [0.15, 0.2) is 5.82 Å². The van der Waals surface area contributed by atoms with E-state index in [1.54, 1.807) is 13.0 Å². The number of benzene rings is 1. The summed E-state index contributed by atoms with van der Waals surface area (Å²) in [6.07, 6.45) is 0. The number of nitrogens with zero attached hydrogens (tertiary/aromatic N) is 1. The van der Waals surface area contributed by atoms with Crippen molar-refractivity contribution in [1.82, 2.24) is 4.98 Å². The minimum absolute atomic E-state index is 0.133. The summed E-state index contributed by atoms with van der Waals surface area (Å²) >= 11 is 0. The summed E-state index contributed by atoms with van der Waals surface area (Å²) in [5, 5.41) is 0.348. The Bertz CT molecular complexity index is 525. The lowest BCUT2D eigenvalue weighted by Crippen LogP contribution is -1.93. The molecule has 1 aromatic carbocycles. The molecule has 2 aromatic rings. The van der Waals surface area contributed by atoms with E-state index < -0.39 is 11.6 Å². The predicted molar refractivity (Wildman–Crippen MR) is 52.9 cm³/mol. The Morgan fingerprint density at radius 2 is 1.93 bits per heavy atom. The van der Waals surface area contributed by atoms with Gasteiger partial charge in [0.1, 0.15) is 17.1 Å². The molecule has 2 nitrogen and oxygen atoms in total. The molecule has 0 unspecified atom stereocenters. The van der Waals surface area contributed by atoms with E-state index in [1.165, 1.54) is 13.2 Å². The van der Waals surface area contributed by atoms with Crippen molar-refractivity contribution >= 4 is 10.9 Å². The third-order valence-electron chi connectivity index (χ3n) is 2.14. The average Bonchev–Trinajstić information content (AvgIpc) is 2.18. The molecular formula is C11H9F2NO. The second kappa shape index (κ2) is 3.46. The van der Waals surface area contributed by atoms with Gasteiger partial charge in [0.25, 0.3) is 0 Å². The molecule has 1 aromatic heterocycles. The number of ether oxygens (including phenoxy) is 1. The number of hydrogen-bond donors (Lipinski definition) is 0. The van der Waals surface area contributed by atoms with Crippen LogP contribution in [0.4, 0.5) is 8.78 Å². The van der Waals surface area contributed by atoms with Gasteiger partial charge in [-0.15, -0.1) is 0 Å². The van der Waals surface area contributed by atoms with Crippen molar-refractivity contribution < 1.29 is 13.5 Å². The predicted octanol–water partition coefficient (Wildman–Crippen LogP) is 2.83. The Balaban J connectivity index is 2.89. The fourth-order valence-corrected chi connectivity index (χ4v) is 1.51. The number of fused-ring (bicyclic) bond motifs is 1. The Morgan fingerprint density at radius 1 is 1.20 bits per heavy atom. The number of pyridine rings is 1. The van der Waals surface area contributed by atoms with E-state index in [0.29, 0.717) is 16.8 Å². The van der Waals surface area contributed by atoms with Crippen LogP contribution in [-0.4, -0.2) is 12.1 Å². The molecule has 15 heavy (non-hydrogen) atoms. The highest BCUT2D eigenvalue weighted by molar-refractivity contribution is 5.85. The summed E-state index contributed by atoms with van der Waals surface area (Å²) in [5.74, 6) is -0.883. The lowest BCUT2D eigenvalue weighted by molar-refractivity contribution is 0.418. The molecule has 0 spiro atoms. The molecule has 0 aliphatic rings. The second-order valence-corrected chi connectivity index (χ2v) is 3.25. The maximum absolute atomic E-state index is 13.4. The highest BCUT2D eigenvalue weighted by atomic mass is 19.1. The van der Waals surface area contributed by atoms with Crippen LogP contribution in [0.5, 0.6) is 5.75 Å². The molecule has 0 aliphatic carbocycles. The number of hydrogen-bond acceptors (Lipinski definition) is 2. The van der Waals surface area contributed by atoms with Crippen LogP contribution in [0.3, 0.4) is 0 Å². The van der Waals surface area contributed by atoms with E-state index in [2.05, 4.69) is 4.98 Å². The van der Waals surface area contributed by atoms with Gasteiger partial charge in [-0.3, -0.25) is 0 Å². The minimum Gasteiger partial charge on any atom is -0.496 e. The molecule has 0 aliphatic heterocycles. The summed E-state index contributed by atoms with van der Waals surface area (Å²) in [7, 11) is 1.46. The highest BCUT2D eigenvalue weighted by Crippen LogP contribution is 2.27. The molecule has 0 radical (unpaired) electrons. The number of aryl methyl sites for hydroxylation is 1. The molecule has 1 heterocycles. The lowest BCUT2D eigenvalue weighted by Gasteiger charge is -2.07. The zero-order chi connectivity index (χ0) is 11.0. The van der Waals surface area contributed by atoms with Crippen molar-refractivity contribution in [3.8, 4) is 5.75 Å². The Kier molecular flexibility index (Phi) is 2.26. The average molecular weight is 209 g/mol. The molecule has 2 rings (SSSR count). The van der Waals surface area contributed by atoms with Crippen LogP contribution in [0, 0.1) is 18.6 Å². The van der Waals surface area contributed by atoms with Gasteiger partial charge in [0.2, 0.25) is 0 Å². The van der Waals surface area contributed by atoms with Gasteiger partial charge in [0.05, 0.1) is 7.11 Å². The molecule has 0 N–H and O–H groups in total.